The normalized spacial score (nSPS) is 16.2. The number of hydrogen-bond acceptors (Lipinski definition) is 4. The van der Waals surface area contributed by atoms with Crippen molar-refractivity contribution in [1.82, 2.24) is 15.3 Å². The zero-order chi connectivity index (χ0) is 11.5. The molecule has 1 aliphatic rings. The van der Waals surface area contributed by atoms with Gasteiger partial charge in [0.1, 0.15) is 11.6 Å². The summed E-state index contributed by atoms with van der Waals surface area (Å²) in [6.45, 7) is 8.48. The van der Waals surface area contributed by atoms with E-state index in [-0.39, 0.29) is 0 Å². The van der Waals surface area contributed by atoms with Gasteiger partial charge in [-0.25, -0.2) is 9.97 Å². The number of anilines is 1. The highest BCUT2D eigenvalue weighted by Crippen LogP contribution is 2.16. The Morgan fingerprint density at radius 3 is 2.69 bits per heavy atom. The van der Waals surface area contributed by atoms with Gasteiger partial charge in [-0.05, 0) is 5.92 Å². The summed E-state index contributed by atoms with van der Waals surface area (Å²) in [6.07, 6.45) is 0.887. The van der Waals surface area contributed by atoms with E-state index in [9.17, 15) is 0 Å². The number of rotatable bonds is 4. The van der Waals surface area contributed by atoms with Gasteiger partial charge >= 0.3 is 0 Å². The first-order chi connectivity index (χ1) is 7.69. The van der Waals surface area contributed by atoms with Crippen molar-refractivity contribution in [3.05, 3.63) is 17.6 Å². The third-order valence-electron chi connectivity index (χ3n) is 2.83. The van der Waals surface area contributed by atoms with Gasteiger partial charge in [-0.2, -0.15) is 0 Å². The standard InChI is InChI=1S/C12H20N4/c1-4-11-15-10(8(2)3)5-12(16-11)14-9-6-13-7-9/h5,8-9,13H,4,6-7H2,1-3H3,(H,14,15,16). The molecule has 1 fully saturated rings. The van der Waals surface area contributed by atoms with Crippen LogP contribution < -0.4 is 10.6 Å². The summed E-state index contributed by atoms with van der Waals surface area (Å²) in [5.74, 6) is 2.36. The molecule has 1 aliphatic heterocycles. The van der Waals surface area contributed by atoms with E-state index in [1.54, 1.807) is 0 Å². The van der Waals surface area contributed by atoms with E-state index in [0.717, 1.165) is 36.8 Å². The van der Waals surface area contributed by atoms with Crippen LogP contribution in [0.5, 0.6) is 0 Å². The first-order valence-electron chi connectivity index (χ1n) is 6.04. The van der Waals surface area contributed by atoms with E-state index in [2.05, 4.69) is 47.4 Å². The molecule has 0 bridgehead atoms. The maximum atomic E-state index is 4.54. The maximum Gasteiger partial charge on any atom is 0.130 e. The van der Waals surface area contributed by atoms with Crippen molar-refractivity contribution in [2.75, 3.05) is 18.4 Å². The monoisotopic (exact) mass is 220 g/mol. The lowest BCUT2D eigenvalue weighted by atomic mass is 10.1. The molecule has 0 spiro atoms. The molecule has 2 heterocycles. The topological polar surface area (TPSA) is 49.8 Å². The van der Waals surface area contributed by atoms with Crippen LogP contribution in [0.2, 0.25) is 0 Å². The van der Waals surface area contributed by atoms with Gasteiger partial charge in [0.2, 0.25) is 0 Å². The molecule has 0 aromatic carbocycles. The Kier molecular flexibility index (Phi) is 3.39. The van der Waals surface area contributed by atoms with Crippen LogP contribution in [0.25, 0.3) is 0 Å². The molecule has 88 valence electrons. The molecule has 4 nitrogen and oxygen atoms in total. The summed E-state index contributed by atoms with van der Waals surface area (Å²) < 4.78 is 0. The molecule has 1 aromatic rings. The zero-order valence-corrected chi connectivity index (χ0v) is 10.2. The van der Waals surface area contributed by atoms with E-state index in [1.165, 1.54) is 0 Å². The summed E-state index contributed by atoms with van der Waals surface area (Å²) in [5.41, 5.74) is 1.13. The Morgan fingerprint density at radius 2 is 2.19 bits per heavy atom. The van der Waals surface area contributed by atoms with Gasteiger partial charge in [0.15, 0.2) is 0 Å². The van der Waals surface area contributed by atoms with Gasteiger partial charge in [-0.1, -0.05) is 20.8 Å². The molecule has 0 radical (unpaired) electrons. The fourth-order valence-corrected chi connectivity index (χ4v) is 1.65. The van der Waals surface area contributed by atoms with E-state index in [0.29, 0.717) is 12.0 Å². The lowest BCUT2D eigenvalue weighted by molar-refractivity contribution is 0.470. The lowest BCUT2D eigenvalue weighted by Gasteiger charge is -2.28. The second kappa shape index (κ2) is 4.78. The second-order valence-corrected chi connectivity index (χ2v) is 4.60. The smallest absolute Gasteiger partial charge is 0.130 e. The van der Waals surface area contributed by atoms with Gasteiger partial charge < -0.3 is 10.6 Å². The van der Waals surface area contributed by atoms with Crippen LogP contribution in [0.15, 0.2) is 6.07 Å². The summed E-state index contributed by atoms with van der Waals surface area (Å²) >= 11 is 0. The van der Waals surface area contributed by atoms with Gasteiger partial charge in [0.05, 0.1) is 6.04 Å². The first kappa shape index (κ1) is 11.3. The average molecular weight is 220 g/mol. The third-order valence-corrected chi connectivity index (χ3v) is 2.83. The van der Waals surface area contributed by atoms with Crippen molar-refractivity contribution in [1.29, 1.82) is 0 Å². The van der Waals surface area contributed by atoms with E-state index in [1.807, 2.05) is 0 Å². The summed E-state index contributed by atoms with van der Waals surface area (Å²) in [6, 6.07) is 2.60. The quantitative estimate of drug-likeness (QED) is 0.808. The largest absolute Gasteiger partial charge is 0.365 e. The highest BCUT2D eigenvalue weighted by Gasteiger charge is 2.17. The minimum Gasteiger partial charge on any atom is -0.365 e. The number of aromatic nitrogens is 2. The molecule has 1 saturated heterocycles. The predicted molar refractivity (Wildman–Crippen MR) is 65.8 cm³/mol. The van der Waals surface area contributed by atoms with Crippen molar-refractivity contribution in [3.8, 4) is 0 Å². The molecule has 4 heteroatoms. The first-order valence-corrected chi connectivity index (χ1v) is 6.04. The van der Waals surface area contributed by atoms with Crippen molar-refractivity contribution in [2.45, 2.75) is 39.2 Å². The molecular weight excluding hydrogens is 200 g/mol. The third kappa shape index (κ3) is 2.50. The van der Waals surface area contributed by atoms with Crippen LogP contribution in [0.4, 0.5) is 5.82 Å². The number of hydrogen-bond donors (Lipinski definition) is 2. The summed E-state index contributed by atoms with van der Waals surface area (Å²) in [4.78, 5) is 9.04. The van der Waals surface area contributed by atoms with Crippen molar-refractivity contribution < 1.29 is 0 Å². The van der Waals surface area contributed by atoms with Crippen molar-refractivity contribution in [2.24, 2.45) is 0 Å². The van der Waals surface area contributed by atoms with Crippen molar-refractivity contribution in [3.63, 3.8) is 0 Å². The molecule has 2 rings (SSSR count). The van der Waals surface area contributed by atoms with Crippen LogP contribution in [-0.2, 0) is 6.42 Å². The highest BCUT2D eigenvalue weighted by molar-refractivity contribution is 5.39. The molecule has 1 aromatic heterocycles. The molecule has 0 unspecified atom stereocenters. The molecule has 0 atom stereocenters. The molecule has 2 N–H and O–H groups in total. The van der Waals surface area contributed by atoms with E-state index in [4.69, 9.17) is 0 Å². The zero-order valence-electron chi connectivity index (χ0n) is 10.2. The van der Waals surface area contributed by atoms with Gasteiger partial charge in [0, 0.05) is 31.3 Å². The Morgan fingerprint density at radius 1 is 1.44 bits per heavy atom. The Bertz CT molecular complexity index is 358. The fraction of sp³-hybridized carbons (Fsp3) is 0.667. The molecular formula is C12H20N4. The summed E-state index contributed by atoms with van der Waals surface area (Å²) in [7, 11) is 0. The van der Waals surface area contributed by atoms with Gasteiger partial charge in [0.25, 0.3) is 0 Å². The van der Waals surface area contributed by atoms with Gasteiger partial charge in [-0.3, -0.25) is 0 Å². The lowest BCUT2D eigenvalue weighted by Crippen LogP contribution is -2.51. The van der Waals surface area contributed by atoms with E-state index >= 15 is 0 Å². The summed E-state index contributed by atoms with van der Waals surface area (Å²) in [5, 5.41) is 6.68. The van der Waals surface area contributed by atoms with Crippen LogP contribution >= 0.6 is 0 Å². The highest BCUT2D eigenvalue weighted by atomic mass is 15.1. The molecule has 16 heavy (non-hydrogen) atoms. The minimum atomic E-state index is 0.452. The molecule has 0 amide bonds. The number of nitrogens with zero attached hydrogens (tertiary/aromatic N) is 2. The fourth-order valence-electron chi connectivity index (χ4n) is 1.65. The minimum absolute atomic E-state index is 0.452. The number of aryl methyl sites for hydroxylation is 1. The Balaban J connectivity index is 2.18. The second-order valence-electron chi connectivity index (χ2n) is 4.60. The SMILES string of the molecule is CCc1nc(NC2CNC2)cc(C(C)C)n1. The maximum absolute atomic E-state index is 4.54. The number of nitrogens with one attached hydrogen (secondary N) is 2. The predicted octanol–water partition coefficient (Wildman–Crippen LogP) is 1.55. The molecule has 0 aliphatic carbocycles. The van der Waals surface area contributed by atoms with Crippen LogP contribution in [0, 0.1) is 0 Å². The Labute approximate surface area is 96.9 Å². The van der Waals surface area contributed by atoms with Crippen LogP contribution in [0.3, 0.4) is 0 Å². The van der Waals surface area contributed by atoms with Crippen molar-refractivity contribution >= 4 is 5.82 Å². The van der Waals surface area contributed by atoms with Crippen LogP contribution in [-0.4, -0.2) is 29.1 Å². The van der Waals surface area contributed by atoms with Crippen LogP contribution in [0.1, 0.15) is 38.2 Å². The molecule has 0 saturated carbocycles. The van der Waals surface area contributed by atoms with E-state index < -0.39 is 0 Å². The Hall–Kier alpha value is -1.16. The average Bonchev–Trinajstić information content (AvgIpc) is 2.23. The van der Waals surface area contributed by atoms with Gasteiger partial charge in [-0.15, -0.1) is 0 Å².